The van der Waals surface area contributed by atoms with Gasteiger partial charge in [-0.2, -0.15) is 0 Å². The van der Waals surface area contributed by atoms with Crippen molar-refractivity contribution in [2.45, 2.75) is 58.3 Å². The van der Waals surface area contributed by atoms with E-state index in [1.165, 1.54) is 0 Å². The van der Waals surface area contributed by atoms with Gasteiger partial charge in [0.25, 0.3) is 0 Å². The molecule has 0 saturated heterocycles. The van der Waals surface area contributed by atoms with E-state index in [1.807, 2.05) is 41.5 Å². The van der Waals surface area contributed by atoms with E-state index in [2.05, 4.69) is 9.98 Å². The van der Waals surface area contributed by atoms with Crippen LogP contribution in [0.4, 0.5) is 0 Å². The molecular formula is C16H25N3O3. The Morgan fingerprint density at radius 3 is 2.18 bits per heavy atom. The minimum Gasteiger partial charge on any atom is -0.467 e. The van der Waals surface area contributed by atoms with Gasteiger partial charge in [-0.1, -0.05) is 0 Å². The van der Waals surface area contributed by atoms with Crippen LogP contribution in [0, 0.1) is 0 Å². The van der Waals surface area contributed by atoms with Crippen molar-refractivity contribution in [3.8, 4) is 0 Å². The van der Waals surface area contributed by atoms with E-state index in [1.54, 1.807) is 12.2 Å². The molecule has 0 aromatic heterocycles. The van der Waals surface area contributed by atoms with Gasteiger partial charge in [0.1, 0.15) is 11.2 Å². The predicted octanol–water partition coefficient (Wildman–Crippen LogP) is 1.90. The summed E-state index contributed by atoms with van der Waals surface area (Å²) in [7, 11) is 0. The lowest BCUT2D eigenvalue weighted by atomic mass is 10.0. The van der Waals surface area contributed by atoms with Crippen LogP contribution in [0.1, 0.15) is 41.5 Å². The van der Waals surface area contributed by atoms with Crippen LogP contribution in [0.3, 0.4) is 0 Å². The normalized spacial score (nSPS) is 26.7. The van der Waals surface area contributed by atoms with E-state index in [9.17, 15) is 5.11 Å². The molecule has 0 unspecified atom stereocenters. The highest BCUT2D eigenvalue weighted by molar-refractivity contribution is 6.06. The van der Waals surface area contributed by atoms with Gasteiger partial charge in [0, 0.05) is 12.2 Å². The molecule has 2 rings (SSSR count). The van der Waals surface area contributed by atoms with E-state index < -0.39 is 16.7 Å². The van der Waals surface area contributed by atoms with Crippen LogP contribution in [0.25, 0.3) is 0 Å². The lowest BCUT2D eigenvalue weighted by Gasteiger charge is -2.24. The third-order valence-corrected chi connectivity index (χ3v) is 3.55. The van der Waals surface area contributed by atoms with Gasteiger partial charge in [0.15, 0.2) is 5.88 Å². The zero-order chi connectivity index (χ0) is 16.8. The van der Waals surface area contributed by atoms with Crippen LogP contribution in [0.5, 0.6) is 0 Å². The largest absolute Gasteiger partial charge is 0.467 e. The van der Waals surface area contributed by atoms with Gasteiger partial charge < -0.3 is 20.3 Å². The van der Waals surface area contributed by atoms with Crippen molar-refractivity contribution in [3.63, 3.8) is 0 Å². The number of rotatable bonds is 3. The Balaban J connectivity index is 2.35. The molecule has 0 aliphatic carbocycles. The lowest BCUT2D eigenvalue weighted by Crippen LogP contribution is -2.33. The van der Waals surface area contributed by atoms with Gasteiger partial charge in [0.2, 0.25) is 5.88 Å². The highest BCUT2D eigenvalue weighted by Gasteiger charge is 2.37. The summed E-state index contributed by atoms with van der Waals surface area (Å²) < 4.78 is 11.4. The molecule has 2 heterocycles. The lowest BCUT2D eigenvalue weighted by molar-refractivity contribution is 0.0993. The first-order chi connectivity index (χ1) is 9.95. The summed E-state index contributed by atoms with van der Waals surface area (Å²) in [6.07, 6.45) is 3.49. The summed E-state index contributed by atoms with van der Waals surface area (Å²) >= 11 is 0. The van der Waals surface area contributed by atoms with Crippen molar-refractivity contribution in [2.24, 2.45) is 15.7 Å². The predicted molar refractivity (Wildman–Crippen MR) is 86.7 cm³/mol. The number of ether oxygens (including phenoxy) is 2. The summed E-state index contributed by atoms with van der Waals surface area (Å²) in [6, 6.07) is 0. The number of nitrogens with two attached hydrogens (primary N) is 1. The fourth-order valence-corrected chi connectivity index (χ4v) is 2.19. The van der Waals surface area contributed by atoms with Crippen LogP contribution in [0.15, 0.2) is 33.9 Å². The molecule has 0 atom stereocenters. The van der Waals surface area contributed by atoms with Crippen molar-refractivity contribution in [2.75, 3.05) is 6.61 Å². The molecule has 0 aromatic rings. The van der Waals surface area contributed by atoms with Crippen molar-refractivity contribution in [3.05, 3.63) is 23.9 Å². The van der Waals surface area contributed by atoms with Gasteiger partial charge in [-0.15, -0.1) is 0 Å². The van der Waals surface area contributed by atoms with Gasteiger partial charge in [0.05, 0.1) is 23.6 Å². The highest BCUT2D eigenvalue weighted by Crippen LogP contribution is 2.30. The Labute approximate surface area is 131 Å². The standard InChI is InChI=1S/C16H25N3O3/c1-14(2,9-20)19-11-8-13(22-16(11,5)6)18-10-7-12(17)21-15(10,3)4/h7-8,20H,9,17H2,1-6H3/b18-10+,19-11?. The fraction of sp³-hybridized carbons (Fsp3) is 0.625. The molecule has 0 fully saturated rings. The van der Waals surface area contributed by atoms with Crippen molar-refractivity contribution in [1.82, 2.24) is 0 Å². The monoisotopic (exact) mass is 307 g/mol. The fourth-order valence-electron chi connectivity index (χ4n) is 2.19. The van der Waals surface area contributed by atoms with E-state index >= 15 is 0 Å². The average Bonchev–Trinajstić information content (AvgIpc) is 2.75. The Kier molecular flexibility index (Phi) is 3.85. The van der Waals surface area contributed by atoms with Crippen LogP contribution in [0.2, 0.25) is 0 Å². The number of hydrogen-bond donors (Lipinski definition) is 2. The molecule has 122 valence electrons. The summed E-state index contributed by atoms with van der Waals surface area (Å²) in [5.41, 5.74) is 5.42. The van der Waals surface area contributed by atoms with Crippen LogP contribution in [-0.2, 0) is 9.47 Å². The molecule has 0 radical (unpaired) electrons. The minimum atomic E-state index is -0.593. The Hall–Kier alpha value is -1.82. The molecule has 22 heavy (non-hydrogen) atoms. The van der Waals surface area contributed by atoms with Gasteiger partial charge in [-0.3, -0.25) is 4.99 Å². The maximum atomic E-state index is 9.38. The zero-order valence-electron chi connectivity index (χ0n) is 14.1. The van der Waals surface area contributed by atoms with E-state index in [-0.39, 0.29) is 6.61 Å². The average molecular weight is 307 g/mol. The summed E-state index contributed by atoms with van der Waals surface area (Å²) in [4.78, 5) is 9.09. The summed E-state index contributed by atoms with van der Waals surface area (Å²) in [5, 5.41) is 9.38. The van der Waals surface area contributed by atoms with E-state index in [4.69, 9.17) is 15.2 Å². The van der Waals surface area contributed by atoms with Crippen molar-refractivity contribution in [1.29, 1.82) is 0 Å². The van der Waals surface area contributed by atoms with Gasteiger partial charge in [-0.05, 0) is 41.5 Å². The third-order valence-electron chi connectivity index (χ3n) is 3.55. The van der Waals surface area contributed by atoms with Crippen LogP contribution >= 0.6 is 0 Å². The minimum absolute atomic E-state index is 0.0373. The smallest absolute Gasteiger partial charge is 0.216 e. The second-order valence-electron chi connectivity index (χ2n) is 7.22. The molecule has 6 nitrogen and oxygen atoms in total. The highest BCUT2D eigenvalue weighted by atomic mass is 16.5. The first kappa shape index (κ1) is 16.5. The Morgan fingerprint density at radius 1 is 1.09 bits per heavy atom. The van der Waals surface area contributed by atoms with E-state index in [0.717, 1.165) is 5.71 Å². The molecule has 0 spiro atoms. The molecule has 0 amide bonds. The molecule has 2 aliphatic heterocycles. The van der Waals surface area contributed by atoms with Crippen LogP contribution in [-0.4, -0.2) is 39.9 Å². The first-order valence-electron chi connectivity index (χ1n) is 7.32. The number of nitrogens with zero attached hydrogens (tertiary/aromatic N) is 2. The molecule has 3 N–H and O–H groups in total. The number of hydrogen-bond acceptors (Lipinski definition) is 6. The molecule has 6 heteroatoms. The van der Waals surface area contributed by atoms with E-state index in [0.29, 0.717) is 17.5 Å². The molecule has 0 aromatic carbocycles. The number of aliphatic hydroxyl groups is 1. The maximum absolute atomic E-state index is 9.38. The molecule has 0 bridgehead atoms. The Bertz CT molecular complexity index is 596. The van der Waals surface area contributed by atoms with Crippen molar-refractivity contribution >= 4 is 11.4 Å². The van der Waals surface area contributed by atoms with Gasteiger partial charge in [-0.25, -0.2) is 4.99 Å². The number of aliphatic imine (C=N–C) groups is 2. The van der Waals surface area contributed by atoms with Crippen LogP contribution < -0.4 is 5.73 Å². The molecule has 0 saturated carbocycles. The Morgan fingerprint density at radius 2 is 1.68 bits per heavy atom. The topological polar surface area (TPSA) is 89.4 Å². The zero-order valence-corrected chi connectivity index (χ0v) is 14.1. The van der Waals surface area contributed by atoms with Crippen molar-refractivity contribution < 1.29 is 14.6 Å². The molecular weight excluding hydrogens is 282 g/mol. The SMILES string of the molecule is CC(C)(CO)N=C1C=C(/N=C2\C=C(N)OC2(C)C)OC1(C)C. The quantitative estimate of drug-likeness (QED) is 0.833. The third kappa shape index (κ3) is 3.32. The molecule has 2 aliphatic rings. The maximum Gasteiger partial charge on any atom is 0.216 e. The second kappa shape index (κ2) is 5.12. The summed E-state index contributed by atoms with van der Waals surface area (Å²) in [6.45, 7) is 11.3. The second-order valence-corrected chi connectivity index (χ2v) is 7.22. The van der Waals surface area contributed by atoms with Gasteiger partial charge >= 0.3 is 0 Å². The number of aliphatic hydroxyl groups excluding tert-OH is 1. The first-order valence-corrected chi connectivity index (χ1v) is 7.32. The summed E-state index contributed by atoms with van der Waals surface area (Å²) in [5.74, 6) is 0.812.